The third-order valence-corrected chi connectivity index (χ3v) is 5.44. The highest BCUT2D eigenvalue weighted by Crippen LogP contribution is 2.27. The molecule has 1 amide bonds. The molecule has 150 valence electrons. The molecule has 1 aliphatic heterocycles. The van der Waals surface area contributed by atoms with Gasteiger partial charge >= 0.3 is 5.97 Å². The number of carbonyl (C=O) groups is 2. The molecule has 1 aromatic heterocycles. The van der Waals surface area contributed by atoms with Gasteiger partial charge in [0.05, 0.1) is 7.11 Å². The van der Waals surface area contributed by atoms with Crippen molar-refractivity contribution in [2.75, 3.05) is 13.7 Å². The van der Waals surface area contributed by atoms with Gasteiger partial charge in [0.25, 0.3) is 5.91 Å². The second-order valence-electron chi connectivity index (χ2n) is 8.51. The summed E-state index contributed by atoms with van der Waals surface area (Å²) < 4.78 is 10.7. The van der Waals surface area contributed by atoms with Crippen LogP contribution in [0.4, 0.5) is 0 Å². The minimum Gasteiger partial charge on any atom is -0.467 e. The molecule has 1 aromatic carbocycles. The average molecular weight is 383 g/mol. The standard InChI is InChI=1S/C23H29NO4/c1-15-8-9-17(23(2,3)4)13-16(15)14-18-10-11-20(28-18)21(25)24-12-6-7-19(24)22(26)27-5/h8-11,13,19H,6-7,12,14H2,1-5H3. The van der Waals surface area contributed by atoms with Crippen molar-refractivity contribution in [3.05, 3.63) is 58.5 Å². The van der Waals surface area contributed by atoms with Crippen LogP contribution in [0.25, 0.3) is 0 Å². The van der Waals surface area contributed by atoms with Crippen molar-refractivity contribution in [3.8, 4) is 0 Å². The summed E-state index contributed by atoms with van der Waals surface area (Å²) in [6.45, 7) is 9.21. The zero-order valence-electron chi connectivity index (χ0n) is 17.4. The van der Waals surface area contributed by atoms with E-state index in [0.717, 1.165) is 12.2 Å². The number of ether oxygens (including phenoxy) is 1. The van der Waals surface area contributed by atoms with Crippen LogP contribution in [-0.2, 0) is 21.4 Å². The van der Waals surface area contributed by atoms with Crippen LogP contribution in [0.15, 0.2) is 34.7 Å². The normalized spacial score (nSPS) is 17.0. The van der Waals surface area contributed by atoms with Crippen LogP contribution in [0.1, 0.15) is 66.6 Å². The number of furan rings is 1. The van der Waals surface area contributed by atoms with E-state index in [9.17, 15) is 9.59 Å². The van der Waals surface area contributed by atoms with Crippen LogP contribution in [-0.4, -0.2) is 36.5 Å². The molecular formula is C23H29NO4. The summed E-state index contributed by atoms with van der Waals surface area (Å²) in [5, 5.41) is 0. The molecule has 5 nitrogen and oxygen atoms in total. The lowest BCUT2D eigenvalue weighted by Gasteiger charge is -2.21. The van der Waals surface area contributed by atoms with Crippen LogP contribution in [0.2, 0.25) is 0 Å². The molecule has 2 heterocycles. The Labute approximate surface area is 166 Å². The first-order valence-electron chi connectivity index (χ1n) is 9.78. The molecule has 0 N–H and O–H groups in total. The van der Waals surface area contributed by atoms with Crippen LogP contribution < -0.4 is 0 Å². The molecule has 0 radical (unpaired) electrons. The third-order valence-electron chi connectivity index (χ3n) is 5.44. The quantitative estimate of drug-likeness (QED) is 0.741. The van der Waals surface area contributed by atoms with Crippen molar-refractivity contribution in [2.24, 2.45) is 0 Å². The zero-order chi connectivity index (χ0) is 20.5. The summed E-state index contributed by atoms with van der Waals surface area (Å²) in [4.78, 5) is 26.3. The van der Waals surface area contributed by atoms with Gasteiger partial charge in [0.15, 0.2) is 5.76 Å². The van der Waals surface area contributed by atoms with Gasteiger partial charge in [-0.1, -0.05) is 39.0 Å². The number of benzene rings is 1. The molecule has 1 saturated heterocycles. The minimum atomic E-state index is -0.517. The molecule has 0 aliphatic carbocycles. The highest BCUT2D eigenvalue weighted by molar-refractivity contribution is 5.95. The van der Waals surface area contributed by atoms with Gasteiger partial charge in [-0.05, 0) is 54.0 Å². The second kappa shape index (κ2) is 7.82. The van der Waals surface area contributed by atoms with Gasteiger partial charge in [0.2, 0.25) is 0 Å². The van der Waals surface area contributed by atoms with E-state index in [2.05, 4.69) is 45.9 Å². The Morgan fingerprint density at radius 3 is 2.64 bits per heavy atom. The average Bonchev–Trinajstić information content (AvgIpc) is 3.31. The van der Waals surface area contributed by atoms with E-state index < -0.39 is 6.04 Å². The smallest absolute Gasteiger partial charge is 0.328 e. The van der Waals surface area contributed by atoms with Crippen LogP contribution in [0.5, 0.6) is 0 Å². The fourth-order valence-electron chi connectivity index (χ4n) is 3.64. The number of carbonyl (C=O) groups excluding carboxylic acids is 2. The number of amides is 1. The summed E-state index contributed by atoms with van der Waals surface area (Å²) in [7, 11) is 1.35. The molecular weight excluding hydrogens is 354 g/mol. The lowest BCUT2D eigenvalue weighted by molar-refractivity contribution is -0.145. The number of hydrogen-bond donors (Lipinski definition) is 0. The number of rotatable bonds is 4. The lowest BCUT2D eigenvalue weighted by atomic mass is 9.85. The molecule has 0 saturated carbocycles. The highest BCUT2D eigenvalue weighted by Gasteiger charge is 2.36. The fourth-order valence-corrected chi connectivity index (χ4v) is 3.64. The van der Waals surface area contributed by atoms with Crippen molar-refractivity contribution in [2.45, 2.75) is 58.4 Å². The van der Waals surface area contributed by atoms with Gasteiger partial charge in [0, 0.05) is 13.0 Å². The topological polar surface area (TPSA) is 59.8 Å². The van der Waals surface area contributed by atoms with Gasteiger partial charge in [-0.3, -0.25) is 4.79 Å². The van der Waals surface area contributed by atoms with Gasteiger partial charge in [0.1, 0.15) is 11.8 Å². The Morgan fingerprint density at radius 1 is 1.21 bits per heavy atom. The minimum absolute atomic E-state index is 0.0748. The maximum absolute atomic E-state index is 12.8. The Morgan fingerprint density at radius 2 is 1.96 bits per heavy atom. The predicted molar refractivity (Wildman–Crippen MR) is 107 cm³/mol. The van der Waals surface area contributed by atoms with Gasteiger partial charge in [-0.2, -0.15) is 0 Å². The maximum atomic E-state index is 12.8. The first-order valence-corrected chi connectivity index (χ1v) is 9.78. The van der Waals surface area contributed by atoms with Crippen LogP contribution in [0.3, 0.4) is 0 Å². The van der Waals surface area contributed by atoms with E-state index in [1.54, 1.807) is 11.0 Å². The predicted octanol–water partition coefficient (Wildman–Crippen LogP) is 4.25. The molecule has 2 aromatic rings. The Balaban J connectivity index is 1.78. The number of methoxy groups -OCH3 is 1. The number of esters is 1. The molecule has 0 bridgehead atoms. The summed E-state index contributed by atoms with van der Waals surface area (Å²) >= 11 is 0. The number of likely N-dealkylation sites (tertiary alicyclic amines) is 1. The second-order valence-corrected chi connectivity index (χ2v) is 8.51. The largest absolute Gasteiger partial charge is 0.467 e. The van der Waals surface area contributed by atoms with E-state index in [0.29, 0.717) is 19.4 Å². The van der Waals surface area contributed by atoms with Crippen molar-refractivity contribution in [1.82, 2.24) is 4.90 Å². The fraction of sp³-hybridized carbons (Fsp3) is 0.478. The highest BCUT2D eigenvalue weighted by atomic mass is 16.5. The number of hydrogen-bond acceptors (Lipinski definition) is 4. The molecule has 28 heavy (non-hydrogen) atoms. The van der Waals surface area contributed by atoms with E-state index in [1.165, 1.54) is 23.8 Å². The lowest BCUT2D eigenvalue weighted by Crippen LogP contribution is -2.40. The maximum Gasteiger partial charge on any atom is 0.328 e. The SMILES string of the molecule is COC(=O)C1CCCN1C(=O)c1ccc(Cc2cc(C(C)(C)C)ccc2C)o1. The summed E-state index contributed by atoms with van der Waals surface area (Å²) in [6.07, 6.45) is 2.05. The number of aryl methyl sites for hydroxylation is 1. The third kappa shape index (κ3) is 4.13. The van der Waals surface area contributed by atoms with Gasteiger partial charge in [-0.25, -0.2) is 4.79 Å². The molecule has 1 fully saturated rings. The molecule has 0 spiro atoms. The van der Waals surface area contributed by atoms with Gasteiger partial charge in [-0.15, -0.1) is 0 Å². The summed E-state index contributed by atoms with van der Waals surface area (Å²) in [5.74, 6) is 0.397. The molecule has 1 unspecified atom stereocenters. The molecule has 5 heteroatoms. The number of nitrogens with zero attached hydrogens (tertiary/aromatic N) is 1. The van der Waals surface area contributed by atoms with E-state index in [-0.39, 0.29) is 23.1 Å². The molecule has 1 atom stereocenters. The van der Waals surface area contributed by atoms with Crippen molar-refractivity contribution in [1.29, 1.82) is 0 Å². The Kier molecular flexibility index (Phi) is 5.64. The summed E-state index contributed by atoms with van der Waals surface area (Å²) in [6, 6.07) is 9.55. The van der Waals surface area contributed by atoms with E-state index in [1.807, 2.05) is 6.07 Å². The van der Waals surface area contributed by atoms with Crippen LogP contribution >= 0.6 is 0 Å². The first kappa shape index (κ1) is 20.2. The van der Waals surface area contributed by atoms with E-state index >= 15 is 0 Å². The monoisotopic (exact) mass is 383 g/mol. The van der Waals surface area contributed by atoms with E-state index in [4.69, 9.17) is 9.15 Å². The molecule has 3 rings (SSSR count). The molecule has 1 aliphatic rings. The Hall–Kier alpha value is -2.56. The Bertz CT molecular complexity index is 875. The van der Waals surface area contributed by atoms with Crippen molar-refractivity contribution >= 4 is 11.9 Å². The summed E-state index contributed by atoms with van der Waals surface area (Å²) in [5.41, 5.74) is 3.73. The first-order chi connectivity index (χ1) is 13.2. The zero-order valence-corrected chi connectivity index (χ0v) is 17.4. The van der Waals surface area contributed by atoms with Gasteiger partial charge < -0.3 is 14.1 Å². The van der Waals surface area contributed by atoms with Crippen molar-refractivity contribution in [3.63, 3.8) is 0 Å². The van der Waals surface area contributed by atoms with Crippen molar-refractivity contribution < 1.29 is 18.7 Å². The van der Waals surface area contributed by atoms with Crippen LogP contribution in [0, 0.1) is 6.92 Å².